The molecule has 0 spiro atoms. The first kappa shape index (κ1) is 14.2. The summed E-state index contributed by atoms with van der Waals surface area (Å²) in [5.41, 5.74) is 3.61. The number of rotatable bonds is 3. The molecule has 0 heterocycles. The summed E-state index contributed by atoms with van der Waals surface area (Å²) in [5.74, 6) is 0. The maximum atomic E-state index is 5.93. The Kier molecular flexibility index (Phi) is 4.92. The molecule has 0 aliphatic carbocycles. The van der Waals surface area contributed by atoms with Crippen LogP contribution in [0.1, 0.15) is 11.1 Å². The lowest BCUT2D eigenvalue weighted by Gasteiger charge is -2.10. The maximum absolute atomic E-state index is 5.93. The Morgan fingerprint density at radius 2 is 2.00 bits per heavy atom. The number of benzene rings is 2. The molecule has 0 atom stereocenters. The number of hydrogen-bond acceptors (Lipinski definition) is 1. The van der Waals surface area contributed by atoms with E-state index in [-0.39, 0.29) is 0 Å². The van der Waals surface area contributed by atoms with Crippen LogP contribution in [0.25, 0.3) is 0 Å². The summed E-state index contributed by atoms with van der Waals surface area (Å²) in [6.07, 6.45) is 0. The van der Waals surface area contributed by atoms with Crippen LogP contribution >= 0.6 is 50.1 Å². The topological polar surface area (TPSA) is 12.0 Å². The van der Waals surface area contributed by atoms with Gasteiger partial charge in [0.1, 0.15) is 0 Å². The van der Waals surface area contributed by atoms with Crippen molar-refractivity contribution in [3.05, 3.63) is 60.6 Å². The van der Waals surface area contributed by atoms with Crippen molar-refractivity contribution in [2.75, 3.05) is 5.32 Å². The monoisotopic (exact) mass is 435 g/mol. The van der Waals surface area contributed by atoms with Crippen molar-refractivity contribution in [2.24, 2.45) is 0 Å². The molecular weight excluding hydrogens is 424 g/mol. The molecule has 2 rings (SSSR count). The van der Waals surface area contributed by atoms with Gasteiger partial charge in [-0.1, -0.05) is 39.7 Å². The number of anilines is 1. The zero-order valence-electron chi connectivity index (χ0n) is 9.81. The summed E-state index contributed by atoms with van der Waals surface area (Å²) >= 11 is 11.8. The smallest absolute Gasteiger partial charge is 0.0479 e. The fraction of sp³-hybridized carbons (Fsp3) is 0.143. The molecule has 0 fully saturated rings. The lowest BCUT2D eigenvalue weighted by molar-refractivity contribution is 1.14. The molecule has 2 aromatic carbocycles. The van der Waals surface area contributed by atoms with Crippen LogP contribution in [0.2, 0.25) is 5.02 Å². The molecule has 94 valence electrons. The predicted molar refractivity (Wildman–Crippen MR) is 90.4 cm³/mol. The second-order valence-electron chi connectivity index (χ2n) is 4.06. The van der Waals surface area contributed by atoms with Crippen LogP contribution in [0.15, 0.2) is 40.9 Å². The highest BCUT2D eigenvalue weighted by Gasteiger charge is 2.01. The third kappa shape index (κ3) is 3.62. The summed E-state index contributed by atoms with van der Waals surface area (Å²) in [6, 6.07) is 12.3. The van der Waals surface area contributed by atoms with Gasteiger partial charge in [-0.2, -0.15) is 0 Å². The SMILES string of the molecule is Cc1ccc(CNc2ccc(Cl)cc2I)cc1Br. The molecule has 0 amide bonds. The lowest BCUT2D eigenvalue weighted by Crippen LogP contribution is -2.01. The van der Waals surface area contributed by atoms with Crippen molar-refractivity contribution in [3.63, 3.8) is 0 Å². The van der Waals surface area contributed by atoms with Crippen molar-refractivity contribution in [1.82, 2.24) is 0 Å². The quantitative estimate of drug-likeness (QED) is 0.615. The molecule has 0 radical (unpaired) electrons. The van der Waals surface area contributed by atoms with Crippen molar-refractivity contribution >= 4 is 55.8 Å². The van der Waals surface area contributed by atoms with Crippen LogP contribution in [-0.2, 0) is 6.54 Å². The fourth-order valence-corrected chi connectivity index (χ4v) is 3.06. The van der Waals surface area contributed by atoms with E-state index in [9.17, 15) is 0 Å². The predicted octanol–water partition coefficient (Wildman–Crippen LogP) is 5.63. The molecule has 0 saturated heterocycles. The second-order valence-corrected chi connectivity index (χ2v) is 6.51. The molecule has 18 heavy (non-hydrogen) atoms. The van der Waals surface area contributed by atoms with E-state index in [2.05, 4.69) is 69.0 Å². The summed E-state index contributed by atoms with van der Waals surface area (Å²) in [7, 11) is 0. The van der Waals surface area contributed by atoms with Gasteiger partial charge in [0.2, 0.25) is 0 Å². The summed E-state index contributed by atoms with van der Waals surface area (Å²) in [6.45, 7) is 2.89. The van der Waals surface area contributed by atoms with E-state index >= 15 is 0 Å². The lowest BCUT2D eigenvalue weighted by atomic mass is 10.1. The highest BCUT2D eigenvalue weighted by atomic mass is 127. The van der Waals surface area contributed by atoms with Gasteiger partial charge >= 0.3 is 0 Å². The zero-order chi connectivity index (χ0) is 13.1. The Balaban J connectivity index is 2.09. The van der Waals surface area contributed by atoms with Gasteiger partial charge in [0.05, 0.1) is 0 Å². The van der Waals surface area contributed by atoms with Gasteiger partial charge in [-0.25, -0.2) is 0 Å². The average molecular weight is 437 g/mol. The van der Waals surface area contributed by atoms with Gasteiger partial charge in [0.25, 0.3) is 0 Å². The molecule has 1 nitrogen and oxygen atoms in total. The largest absolute Gasteiger partial charge is 0.380 e. The van der Waals surface area contributed by atoms with E-state index in [1.165, 1.54) is 11.1 Å². The van der Waals surface area contributed by atoms with E-state index in [1.54, 1.807) is 0 Å². The number of hydrogen-bond donors (Lipinski definition) is 1. The molecule has 0 aliphatic rings. The van der Waals surface area contributed by atoms with Gasteiger partial charge < -0.3 is 5.32 Å². The van der Waals surface area contributed by atoms with Crippen molar-refractivity contribution in [3.8, 4) is 0 Å². The first-order valence-electron chi connectivity index (χ1n) is 5.50. The normalized spacial score (nSPS) is 10.4. The van der Waals surface area contributed by atoms with Crippen LogP contribution in [0.4, 0.5) is 5.69 Å². The fourth-order valence-electron chi connectivity index (χ4n) is 1.58. The van der Waals surface area contributed by atoms with Crippen LogP contribution in [0, 0.1) is 10.5 Å². The van der Waals surface area contributed by atoms with E-state index in [0.717, 1.165) is 25.3 Å². The maximum Gasteiger partial charge on any atom is 0.0479 e. The highest BCUT2D eigenvalue weighted by Crippen LogP contribution is 2.23. The molecule has 0 unspecified atom stereocenters. The average Bonchev–Trinajstić information content (AvgIpc) is 2.32. The van der Waals surface area contributed by atoms with Crippen LogP contribution < -0.4 is 5.32 Å². The Labute approximate surface area is 134 Å². The molecule has 0 bridgehead atoms. The van der Waals surface area contributed by atoms with Gasteiger partial charge in [0.15, 0.2) is 0 Å². The number of aryl methyl sites for hydroxylation is 1. The minimum Gasteiger partial charge on any atom is -0.380 e. The summed E-state index contributed by atoms with van der Waals surface area (Å²) < 4.78 is 2.28. The van der Waals surface area contributed by atoms with E-state index < -0.39 is 0 Å². The Bertz CT molecular complexity index is 572. The minimum atomic E-state index is 0.767. The third-order valence-electron chi connectivity index (χ3n) is 2.65. The number of halogens is 3. The summed E-state index contributed by atoms with van der Waals surface area (Å²) in [4.78, 5) is 0. The standard InChI is InChI=1S/C14H12BrClIN/c1-9-2-3-10(6-12(9)15)8-18-14-5-4-11(16)7-13(14)17/h2-7,18H,8H2,1H3. The first-order chi connectivity index (χ1) is 8.56. The molecule has 1 N–H and O–H groups in total. The van der Waals surface area contributed by atoms with Crippen LogP contribution in [-0.4, -0.2) is 0 Å². The van der Waals surface area contributed by atoms with Gasteiger partial charge in [-0.15, -0.1) is 0 Å². The van der Waals surface area contributed by atoms with Gasteiger partial charge in [0, 0.05) is 25.3 Å². The molecule has 0 saturated carbocycles. The minimum absolute atomic E-state index is 0.767. The molecule has 0 aliphatic heterocycles. The first-order valence-corrected chi connectivity index (χ1v) is 7.75. The number of nitrogens with one attached hydrogen (secondary N) is 1. The van der Waals surface area contributed by atoms with Crippen molar-refractivity contribution in [1.29, 1.82) is 0 Å². The Morgan fingerprint density at radius 1 is 1.22 bits per heavy atom. The molecule has 4 heteroatoms. The van der Waals surface area contributed by atoms with E-state index in [4.69, 9.17) is 11.6 Å². The molecule has 0 aromatic heterocycles. The second kappa shape index (κ2) is 6.26. The van der Waals surface area contributed by atoms with Gasteiger partial charge in [-0.3, -0.25) is 0 Å². The zero-order valence-corrected chi connectivity index (χ0v) is 14.3. The Morgan fingerprint density at radius 3 is 2.67 bits per heavy atom. The molecular formula is C14H12BrClIN. The Hall–Kier alpha value is -0.260. The third-order valence-corrected chi connectivity index (χ3v) is 4.63. The van der Waals surface area contributed by atoms with Gasteiger partial charge in [-0.05, 0) is 64.9 Å². The van der Waals surface area contributed by atoms with Crippen LogP contribution in [0.3, 0.4) is 0 Å². The van der Waals surface area contributed by atoms with Crippen molar-refractivity contribution in [2.45, 2.75) is 13.5 Å². The summed E-state index contributed by atoms with van der Waals surface area (Å²) in [5, 5.41) is 4.18. The van der Waals surface area contributed by atoms with E-state index in [0.29, 0.717) is 0 Å². The van der Waals surface area contributed by atoms with Crippen molar-refractivity contribution < 1.29 is 0 Å². The highest BCUT2D eigenvalue weighted by molar-refractivity contribution is 14.1. The van der Waals surface area contributed by atoms with Crippen LogP contribution in [0.5, 0.6) is 0 Å². The van der Waals surface area contributed by atoms with E-state index in [1.807, 2.05) is 18.2 Å². The molecule has 2 aromatic rings.